The van der Waals surface area contributed by atoms with E-state index in [0.717, 1.165) is 13.0 Å². The number of nitrogens with one attached hydrogen (secondary N) is 1. The highest BCUT2D eigenvalue weighted by Gasteiger charge is 2.19. The molecular formula is C12H18N2. The summed E-state index contributed by atoms with van der Waals surface area (Å²) in [7, 11) is 0. The van der Waals surface area contributed by atoms with Gasteiger partial charge in [0.2, 0.25) is 0 Å². The molecule has 76 valence electrons. The Morgan fingerprint density at radius 2 is 2.14 bits per heavy atom. The van der Waals surface area contributed by atoms with E-state index in [4.69, 9.17) is 5.73 Å². The lowest BCUT2D eigenvalue weighted by atomic mass is 9.94. The minimum absolute atomic E-state index is 0.149. The van der Waals surface area contributed by atoms with Gasteiger partial charge in [-0.25, -0.2) is 0 Å². The summed E-state index contributed by atoms with van der Waals surface area (Å²) in [6.07, 6.45) is 1.13. The van der Waals surface area contributed by atoms with E-state index in [0.29, 0.717) is 5.92 Å². The lowest BCUT2D eigenvalue weighted by Gasteiger charge is -2.19. The minimum Gasteiger partial charge on any atom is -0.384 e. The molecule has 0 aliphatic carbocycles. The molecular weight excluding hydrogens is 172 g/mol. The van der Waals surface area contributed by atoms with E-state index in [9.17, 15) is 0 Å². The molecule has 0 spiro atoms. The van der Waals surface area contributed by atoms with Crippen LogP contribution in [0.1, 0.15) is 31.0 Å². The van der Waals surface area contributed by atoms with E-state index in [1.807, 2.05) is 0 Å². The summed E-state index contributed by atoms with van der Waals surface area (Å²) in [6, 6.07) is 6.59. The van der Waals surface area contributed by atoms with Crippen LogP contribution in [0.25, 0.3) is 0 Å². The number of rotatable bonds is 2. The first-order valence-corrected chi connectivity index (χ1v) is 5.31. The van der Waals surface area contributed by atoms with Gasteiger partial charge in [0.1, 0.15) is 0 Å². The van der Waals surface area contributed by atoms with Crippen molar-refractivity contribution in [3.05, 3.63) is 29.3 Å². The third-order valence-corrected chi connectivity index (χ3v) is 2.96. The molecule has 0 radical (unpaired) electrons. The lowest BCUT2D eigenvalue weighted by molar-refractivity contribution is 0.515. The lowest BCUT2D eigenvalue weighted by Crippen LogP contribution is -2.18. The van der Waals surface area contributed by atoms with Crippen molar-refractivity contribution in [3.63, 3.8) is 0 Å². The molecule has 3 N–H and O–H groups in total. The van der Waals surface area contributed by atoms with Crippen molar-refractivity contribution >= 4 is 5.69 Å². The van der Waals surface area contributed by atoms with Crippen molar-refractivity contribution in [1.29, 1.82) is 0 Å². The summed E-state index contributed by atoms with van der Waals surface area (Å²) in [5.41, 5.74) is 10.1. The molecule has 0 aromatic heterocycles. The van der Waals surface area contributed by atoms with E-state index >= 15 is 0 Å². The Morgan fingerprint density at radius 3 is 2.86 bits per heavy atom. The van der Waals surface area contributed by atoms with Crippen molar-refractivity contribution in [2.75, 3.05) is 11.9 Å². The summed E-state index contributed by atoms with van der Waals surface area (Å²) in [5, 5.41) is 3.42. The molecule has 0 amide bonds. The van der Waals surface area contributed by atoms with Gasteiger partial charge in [0, 0.05) is 18.3 Å². The van der Waals surface area contributed by atoms with Crippen LogP contribution in [0.2, 0.25) is 0 Å². The topological polar surface area (TPSA) is 38.0 Å². The first kappa shape index (κ1) is 9.53. The Labute approximate surface area is 85.5 Å². The van der Waals surface area contributed by atoms with Crippen LogP contribution in [0.5, 0.6) is 0 Å². The third kappa shape index (κ3) is 1.50. The van der Waals surface area contributed by atoms with Crippen molar-refractivity contribution in [2.45, 2.75) is 26.3 Å². The van der Waals surface area contributed by atoms with Gasteiger partial charge in [0.05, 0.1) is 0 Å². The highest BCUT2D eigenvalue weighted by atomic mass is 14.9. The van der Waals surface area contributed by atoms with Crippen LogP contribution >= 0.6 is 0 Å². The van der Waals surface area contributed by atoms with Gasteiger partial charge in [-0.1, -0.05) is 32.0 Å². The maximum absolute atomic E-state index is 6.17. The molecule has 0 unspecified atom stereocenters. The van der Waals surface area contributed by atoms with E-state index in [1.165, 1.54) is 16.8 Å². The van der Waals surface area contributed by atoms with Crippen molar-refractivity contribution < 1.29 is 0 Å². The number of hydrogen-bond donors (Lipinski definition) is 2. The van der Waals surface area contributed by atoms with Gasteiger partial charge < -0.3 is 11.1 Å². The molecule has 14 heavy (non-hydrogen) atoms. The molecule has 1 aromatic carbocycles. The second-order valence-electron chi connectivity index (χ2n) is 4.33. The molecule has 1 aliphatic rings. The SMILES string of the molecule is CC(C)[C@H](N)c1cccc2c1NCC2. The van der Waals surface area contributed by atoms with E-state index < -0.39 is 0 Å². The van der Waals surface area contributed by atoms with Crippen LogP contribution in [-0.2, 0) is 6.42 Å². The molecule has 1 heterocycles. The molecule has 0 bridgehead atoms. The molecule has 1 atom stereocenters. The fourth-order valence-electron chi connectivity index (χ4n) is 2.00. The van der Waals surface area contributed by atoms with Crippen LogP contribution < -0.4 is 11.1 Å². The molecule has 2 nitrogen and oxygen atoms in total. The quantitative estimate of drug-likeness (QED) is 0.751. The van der Waals surface area contributed by atoms with Gasteiger partial charge in [-0.2, -0.15) is 0 Å². The first-order valence-electron chi connectivity index (χ1n) is 5.31. The third-order valence-electron chi connectivity index (χ3n) is 2.96. The molecule has 2 rings (SSSR count). The van der Waals surface area contributed by atoms with Crippen LogP contribution in [0, 0.1) is 5.92 Å². The van der Waals surface area contributed by atoms with E-state index in [-0.39, 0.29) is 6.04 Å². The Morgan fingerprint density at radius 1 is 1.36 bits per heavy atom. The number of benzene rings is 1. The van der Waals surface area contributed by atoms with Gasteiger partial charge in [-0.15, -0.1) is 0 Å². The van der Waals surface area contributed by atoms with E-state index in [1.54, 1.807) is 0 Å². The number of para-hydroxylation sites is 1. The van der Waals surface area contributed by atoms with Crippen molar-refractivity contribution in [3.8, 4) is 0 Å². The fourth-order valence-corrected chi connectivity index (χ4v) is 2.00. The van der Waals surface area contributed by atoms with Gasteiger partial charge in [0.25, 0.3) is 0 Å². The Hall–Kier alpha value is -1.02. The van der Waals surface area contributed by atoms with Crippen LogP contribution in [0.3, 0.4) is 0 Å². The normalized spacial score (nSPS) is 16.6. The Kier molecular flexibility index (Phi) is 2.46. The summed E-state index contributed by atoms with van der Waals surface area (Å²) in [6.45, 7) is 5.38. The van der Waals surface area contributed by atoms with Gasteiger partial charge >= 0.3 is 0 Å². The largest absolute Gasteiger partial charge is 0.384 e. The standard InChI is InChI=1S/C12H18N2/c1-8(2)11(13)10-5-3-4-9-6-7-14-12(9)10/h3-5,8,11,14H,6-7,13H2,1-2H3/t11-/m0/s1. The Bertz CT molecular complexity index is 331. The van der Waals surface area contributed by atoms with Gasteiger partial charge in [0.15, 0.2) is 0 Å². The van der Waals surface area contributed by atoms with Crippen LogP contribution in [-0.4, -0.2) is 6.54 Å². The number of anilines is 1. The van der Waals surface area contributed by atoms with Gasteiger partial charge in [-0.3, -0.25) is 0 Å². The van der Waals surface area contributed by atoms with Crippen LogP contribution in [0.4, 0.5) is 5.69 Å². The van der Waals surface area contributed by atoms with Crippen molar-refractivity contribution in [2.24, 2.45) is 11.7 Å². The van der Waals surface area contributed by atoms with Crippen molar-refractivity contribution in [1.82, 2.24) is 0 Å². The second kappa shape index (κ2) is 3.62. The predicted octanol–water partition coefficient (Wildman–Crippen LogP) is 2.31. The predicted molar refractivity (Wildman–Crippen MR) is 60.4 cm³/mol. The highest BCUT2D eigenvalue weighted by Crippen LogP contribution is 2.32. The van der Waals surface area contributed by atoms with Gasteiger partial charge in [-0.05, 0) is 23.5 Å². The second-order valence-corrected chi connectivity index (χ2v) is 4.33. The molecule has 2 heteroatoms. The maximum Gasteiger partial charge on any atom is 0.0422 e. The highest BCUT2D eigenvalue weighted by molar-refractivity contribution is 5.62. The molecule has 0 fully saturated rings. The zero-order chi connectivity index (χ0) is 10.1. The van der Waals surface area contributed by atoms with E-state index in [2.05, 4.69) is 37.4 Å². The zero-order valence-corrected chi connectivity index (χ0v) is 8.88. The summed E-state index contributed by atoms with van der Waals surface area (Å²) >= 11 is 0. The molecule has 1 aromatic rings. The summed E-state index contributed by atoms with van der Waals surface area (Å²) in [4.78, 5) is 0. The number of hydrogen-bond acceptors (Lipinski definition) is 2. The maximum atomic E-state index is 6.17. The summed E-state index contributed by atoms with van der Waals surface area (Å²) < 4.78 is 0. The zero-order valence-electron chi connectivity index (χ0n) is 8.88. The first-order chi connectivity index (χ1) is 6.70. The summed E-state index contributed by atoms with van der Waals surface area (Å²) in [5.74, 6) is 0.490. The smallest absolute Gasteiger partial charge is 0.0422 e. The minimum atomic E-state index is 0.149. The number of fused-ring (bicyclic) bond motifs is 1. The Balaban J connectivity index is 2.39. The molecule has 0 saturated carbocycles. The fraction of sp³-hybridized carbons (Fsp3) is 0.500. The van der Waals surface area contributed by atoms with Crippen LogP contribution in [0.15, 0.2) is 18.2 Å². The number of nitrogens with two attached hydrogens (primary N) is 1. The molecule has 1 aliphatic heterocycles. The molecule has 0 saturated heterocycles. The average Bonchev–Trinajstić information content (AvgIpc) is 2.63. The monoisotopic (exact) mass is 190 g/mol. The average molecular weight is 190 g/mol.